The second-order valence-corrected chi connectivity index (χ2v) is 7.48. The van der Waals surface area contributed by atoms with Crippen LogP contribution in [0.1, 0.15) is 17.0 Å². The van der Waals surface area contributed by atoms with Crippen molar-refractivity contribution in [3.8, 4) is 10.8 Å². The number of rotatable bonds is 9. The molecule has 0 bridgehead atoms. The second kappa shape index (κ2) is 9.59. The molecule has 1 amide bonds. The highest BCUT2D eigenvalue weighted by Crippen LogP contribution is 2.23. The topological polar surface area (TPSA) is 80.5 Å². The first-order chi connectivity index (χ1) is 13.5. The molecule has 0 saturated heterocycles. The summed E-state index contributed by atoms with van der Waals surface area (Å²) in [5, 5.41) is 13.1. The van der Waals surface area contributed by atoms with Crippen LogP contribution in [-0.2, 0) is 16.1 Å². The van der Waals surface area contributed by atoms with E-state index < -0.39 is 0 Å². The molecule has 0 aliphatic heterocycles. The van der Waals surface area contributed by atoms with Gasteiger partial charge in [0.05, 0.1) is 24.6 Å². The lowest BCUT2D eigenvalue weighted by Crippen LogP contribution is -2.35. The van der Waals surface area contributed by atoms with E-state index in [9.17, 15) is 4.79 Å². The van der Waals surface area contributed by atoms with E-state index >= 15 is 0 Å². The fourth-order valence-corrected chi connectivity index (χ4v) is 3.31. The minimum Gasteiger partial charge on any atom is -0.419 e. The van der Waals surface area contributed by atoms with Crippen molar-refractivity contribution in [3.63, 3.8) is 0 Å². The molecular weight excluding hydrogens is 376 g/mol. The van der Waals surface area contributed by atoms with Crippen LogP contribution in [0.5, 0.6) is 0 Å². The highest BCUT2D eigenvalue weighted by Gasteiger charge is 2.16. The fourth-order valence-electron chi connectivity index (χ4n) is 2.67. The van der Waals surface area contributed by atoms with E-state index in [2.05, 4.69) is 15.5 Å². The maximum atomic E-state index is 12.5. The molecule has 0 atom stereocenters. The SMILES string of the molecule is COCCN(CC(=O)Nc1ccc(C)c(C)c1)Cc1nnc(-c2cccs2)o1. The maximum Gasteiger partial charge on any atom is 0.257 e. The molecule has 3 rings (SSSR count). The highest BCUT2D eigenvalue weighted by molar-refractivity contribution is 7.13. The van der Waals surface area contributed by atoms with Gasteiger partial charge in [0, 0.05) is 19.3 Å². The molecule has 0 radical (unpaired) electrons. The molecule has 0 spiro atoms. The number of aryl methyl sites for hydroxylation is 2. The van der Waals surface area contributed by atoms with Gasteiger partial charge in [-0.3, -0.25) is 9.69 Å². The largest absolute Gasteiger partial charge is 0.419 e. The molecular formula is C20H24N4O3S. The van der Waals surface area contributed by atoms with Gasteiger partial charge in [0.25, 0.3) is 5.89 Å². The van der Waals surface area contributed by atoms with Crippen LogP contribution in [0.15, 0.2) is 40.1 Å². The van der Waals surface area contributed by atoms with Crippen LogP contribution < -0.4 is 5.32 Å². The summed E-state index contributed by atoms with van der Waals surface area (Å²) in [4.78, 5) is 15.4. The first kappa shape index (κ1) is 20.2. The Morgan fingerprint density at radius 3 is 2.82 bits per heavy atom. The number of hydrogen-bond donors (Lipinski definition) is 1. The molecule has 1 aromatic carbocycles. The molecule has 0 aliphatic carbocycles. The lowest BCUT2D eigenvalue weighted by Gasteiger charge is -2.19. The van der Waals surface area contributed by atoms with E-state index in [0.717, 1.165) is 16.1 Å². The second-order valence-electron chi connectivity index (χ2n) is 6.53. The van der Waals surface area contributed by atoms with Gasteiger partial charge in [0.15, 0.2) is 0 Å². The van der Waals surface area contributed by atoms with Crippen molar-refractivity contribution < 1.29 is 13.9 Å². The normalized spacial score (nSPS) is 11.1. The minimum atomic E-state index is -0.0997. The van der Waals surface area contributed by atoms with Crippen molar-refractivity contribution in [1.82, 2.24) is 15.1 Å². The summed E-state index contributed by atoms with van der Waals surface area (Å²) in [6.07, 6.45) is 0. The molecule has 8 heteroatoms. The van der Waals surface area contributed by atoms with Gasteiger partial charge >= 0.3 is 0 Å². The van der Waals surface area contributed by atoms with Gasteiger partial charge in [-0.1, -0.05) is 12.1 Å². The van der Waals surface area contributed by atoms with Crippen LogP contribution in [0.4, 0.5) is 5.69 Å². The molecule has 2 aromatic heterocycles. The molecule has 2 heterocycles. The number of nitrogens with one attached hydrogen (secondary N) is 1. The predicted molar refractivity (Wildman–Crippen MR) is 109 cm³/mol. The van der Waals surface area contributed by atoms with E-state index in [1.165, 1.54) is 5.56 Å². The summed E-state index contributed by atoms with van der Waals surface area (Å²) in [6, 6.07) is 9.74. The van der Waals surface area contributed by atoms with E-state index in [0.29, 0.717) is 31.5 Å². The third-order valence-electron chi connectivity index (χ3n) is 4.33. The van der Waals surface area contributed by atoms with Crippen LogP contribution in [-0.4, -0.2) is 47.8 Å². The number of hydrogen-bond acceptors (Lipinski definition) is 7. The molecule has 0 saturated carbocycles. The summed E-state index contributed by atoms with van der Waals surface area (Å²) >= 11 is 1.54. The number of ether oxygens (including phenoxy) is 1. The van der Waals surface area contributed by atoms with Crippen molar-refractivity contribution >= 4 is 22.9 Å². The maximum absolute atomic E-state index is 12.5. The van der Waals surface area contributed by atoms with Gasteiger partial charge in [-0.15, -0.1) is 21.5 Å². The van der Waals surface area contributed by atoms with Crippen molar-refractivity contribution in [2.75, 3.05) is 32.1 Å². The molecule has 3 aromatic rings. The monoisotopic (exact) mass is 400 g/mol. The lowest BCUT2D eigenvalue weighted by molar-refractivity contribution is -0.117. The quantitative estimate of drug-likeness (QED) is 0.592. The average molecular weight is 401 g/mol. The van der Waals surface area contributed by atoms with Crippen LogP contribution in [0.25, 0.3) is 10.8 Å². The number of carbonyl (C=O) groups excluding carboxylic acids is 1. The highest BCUT2D eigenvalue weighted by atomic mass is 32.1. The lowest BCUT2D eigenvalue weighted by atomic mass is 10.1. The van der Waals surface area contributed by atoms with Crippen molar-refractivity contribution in [2.45, 2.75) is 20.4 Å². The number of carbonyl (C=O) groups is 1. The number of aromatic nitrogens is 2. The molecule has 7 nitrogen and oxygen atoms in total. The number of anilines is 1. The zero-order chi connectivity index (χ0) is 19.9. The van der Waals surface area contributed by atoms with Crippen LogP contribution in [0.3, 0.4) is 0 Å². The summed E-state index contributed by atoms with van der Waals surface area (Å²) < 4.78 is 10.9. The third-order valence-corrected chi connectivity index (χ3v) is 5.19. The van der Waals surface area contributed by atoms with Crippen molar-refractivity contribution in [2.24, 2.45) is 0 Å². The van der Waals surface area contributed by atoms with Gasteiger partial charge < -0.3 is 14.5 Å². The zero-order valence-corrected chi connectivity index (χ0v) is 17.1. The Morgan fingerprint density at radius 1 is 1.25 bits per heavy atom. The Labute approximate surface area is 168 Å². The Bertz CT molecular complexity index is 908. The van der Waals surface area contributed by atoms with E-state index in [4.69, 9.17) is 9.15 Å². The predicted octanol–water partition coefficient (Wildman–Crippen LogP) is 3.50. The molecule has 0 fully saturated rings. The first-order valence-electron chi connectivity index (χ1n) is 9.00. The van der Waals surface area contributed by atoms with E-state index in [-0.39, 0.29) is 12.5 Å². The molecule has 148 valence electrons. The van der Waals surface area contributed by atoms with Gasteiger partial charge in [-0.05, 0) is 48.6 Å². The Hall–Kier alpha value is -2.55. The van der Waals surface area contributed by atoms with Crippen LogP contribution >= 0.6 is 11.3 Å². The van der Waals surface area contributed by atoms with Gasteiger partial charge in [-0.2, -0.15) is 0 Å². The van der Waals surface area contributed by atoms with E-state index in [1.807, 2.05) is 54.5 Å². The number of benzene rings is 1. The number of nitrogens with zero attached hydrogens (tertiary/aromatic N) is 3. The molecule has 0 unspecified atom stereocenters. The molecule has 0 aliphatic rings. The summed E-state index contributed by atoms with van der Waals surface area (Å²) in [5.74, 6) is 0.868. The van der Waals surface area contributed by atoms with Crippen molar-refractivity contribution in [1.29, 1.82) is 0 Å². The van der Waals surface area contributed by atoms with Crippen LogP contribution in [0, 0.1) is 13.8 Å². The summed E-state index contributed by atoms with van der Waals surface area (Å²) in [6.45, 7) is 5.73. The minimum absolute atomic E-state index is 0.0997. The first-order valence-corrected chi connectivity index (χ1v) is 9.88. The Kier molecular flexibility index (Phi) is 6.91. The zero-order valence-electron chi connectivity index (χ0n) is 16.3. The van der Waals surface area contributed by atoms with Gasteiger partial charge in [0.2, 0.25) is 11.8 Å². The molecule has 28 heavy (non-hydrogen) atoms. The van der Waals surface area contributed by atoms with Crippen molar-refractivity contribution in [3.05, 3.63) is 52.7 Å². The molecule has 1 N–H and O–H groups in total. The van der Waals surface area contributed by atoms with Gasteiger partial charge in [-0.25, -0.2) is 0 Å². The Morgan fingerprint density at radius 2 is 2.11 bits per heavy atom. The fraction of sp³-hybridized carbons (Fsp3) is 0.350. The number of methoxy groups -OCH3 is 1. The Balaban J connectivity index is 1.62. The van der Waals surface area contributed by atoms with Gasteiger partial charge in [0.1, 0.15) is 0 Å². The smallest absolute Gasteiger partial charge is 0.257 e. The summed E-state index contributed by atoms with van der Waals surface area (Å²) in [7, 11) is 1.63. The third kappa shape index (κ3) is 5.48. The summed E-state index contributed by atoms with van der Waals surface area (Å²) in [5.41, 5.74) is 3.12. The van der Waals surface area contributed by atoms with Crippen LogP contribution in [0.2, 0.25) is 0 Å². The standard InChI is InChI=1S/C20H24N4O3S/c1-14-6-7-16(11-15(14)2)21-18(25)12-24(8-9-26-3)13-19-22-23-20(27-19)17-5-4-10-28-17/h4-7,10-11H,8-9,12-13H2,1-3H3,(H,21,25). The average Bonchev–Trinajstić information content (AvgIpc) is 3.34. The number of thiophene rings is 1. The van der Waals surface area contributed by atoms with E-state index in [1.54, 1.807) is 18.4 Å². The number of amides is 1.